The Morgan fingerprint density at radius 3 is 2.46 bits per heavy atom. The van der Waals surface area contributed by atoms with Gasteiger partial charge in [-0.3, -0.25) is 9.59 Å². The Morgan fingerprint density at radius 2 is 1.69 bits per heavy atom. The van der Waals surface area contributed by atoms with E-state index in [1.807, 2.05) is 0 Å². The summed E-state index contributed by atoms with van der Waals surface area (Å²) in [6.45, 7) is 0. The normalized spacial score (nSPS) is 14.5. The molecule has 0 spiro atoms. The highest BCUT2D eigenvalue weighted by Gasteiger charge is 2.11. The quantitative estimate of drug-likeness (QED) is 0.403. The van der Waals surface area contributed by atoms with E-state index in [1.165, 1.54) is 12.2 Å². The summed E-state index contributed by atoms with van der Waals surface area (Å²) in [5.74, 6) is -0.997. The zero-order valence-corrected chi connectivity index (χ0v) is 6.78. The van der Waals surface area contributed by atoms with Crippen LogP contribution in [0.5, 0.6) is 0 Å². The molecule has 0 fully saturated rings. The minimum absolute atomic E-state index is 0.488. The van der Waals surface area contributed by atoms with Crippen molar-refractivity contribution in [2.24, 2.45) is 0 Å². The monoisotopic (exact) mass is 173 g/mol. The summed E-state index contributed by atoms with van der Waals surface area (Å²) in [6, 6.07) is 5.21. The van der Waals surface area contributed by atoms with Gasteiger partial charge in [0.15, 0.2) is 0 Å². The van der Waals surface area contributed by atoms with Crippen molar-refractivity contribution >= 4 is 29.4 Å². The number of anilines is 1. The van der Waals surface area contributed by atoms with E-state index in [0.29, 0.717) is 16.1 Å². The van der Waals surface area contributed by atoms with E-state index in [1.54, 1.807) is 18.2 Å². The number of hydrogen-bond acceptors (Lipinski definition) is 3. The minimum Gasteiger partial charge on any atom is -0.398 e. The molecule has 0 aliphatic heterocycles. The largest absolute Gasteiger partial charge is 0.398 e. The van der Waals surface area contributed by atoms with Crippen molar-refractivity contribution in [1.29, 1.82) is 0 Å². The van der Waals surface area contributed by atoms with Gasteiger partial charge in [-0.25, -0.2) is 0 Å². The van der Waals surface area contributed by atoms with Crippen LogP contribution in [-0.4, -0.2) is 11.6 Å². The zero-order chi connectivity index (χ0) is 9.42. The predicted octanol–water partition coefficient (Wildman–Crippen LogP) is -1.02. The molecular weight excluding hydrogens is 166 g/mol. The standard InChI is InChI=1S/C10H7NO2/c11-8-3-1-2-6-4-9(12)10(13)5-7(6)8/h1-5H,11H2. The number of nitrogens with two attached hydrogens (primary N) is 1. The number of benzene rings is 1. The fourth-order valence-electron chi connectivity index (χ4n) is 1.31. The van der Waals surface area contributed by atoms with Crippen LogP contribution in [0.15, 0.2) is 18.2 Å². The van der Waals surface area contributed by atoms with Crippen molar-refractivity contribution in [3.05, 3.63) is 28.6 Å². The lowest BCUT2D eigenvalue weighted by molar-refractivity contribution is -0.129. The van der Waals surface area contributed by atoms with E-state index in [9.17, 15) is 9.59 Å². The van der Waals surface area contributed by atoms with Crippen LogP contribution in [0.1, 0.15) is 0 Å². The Balaban J connectivity index is 2.92. The topological polar surface area (TPSA) is 60.2 Å². The summed E-state index contributed by atoms with van der Waals surface area (Å²) in [5, 5.41) is 1.36. The maximum absolute atomic E-state index is 11.0. The minimum atomic E-state index is -0.509. The van der Waals surface area contributed by atoms with Crippen LogP contribution in [0.25, 0.3) is 12.2 Å². The van der Waals surface area contributed by atoms with Gasteiger partial charge in [-0.15, -0.1) is 0 Å². The molecule has 1 aliphatic rings. The van der Waals surface area contributed by atoms with Gasteiger partial charge in [0.05, 0.1) is 0 Å². The summed E-state index contributed by atoms with van der Waals surface area (Å²) in [4.78, 5) is 22.0. The van der Waals surface area contributed by atoms with E-state index in [0.717, 1.165) is 0 Å². The van der Waals surface area contributed by atoms with Gasteiger partial charge in [-0.05, 0) is 23.4 Å². The summed E-state index contributed by atoms with van der Waals surface area (Å²) in [7, 11) is 0. The average Bonchev–Trinajstić information content (AvgIpc) is 2.09. The number of hydrogen-bond donors (Lipinski definition) is 1. The van der Waals surface area contributed by atoms with Gasteiger partial charge < -0.3 is 5.73 Å². The maximum Gasteiger partial charge on any atom is 0.226 e. The second kappa shape index (κ2) is 2.55. The molecule has 0 unspecified atom stereocenters. The zero-order valence-electron chi connectivity index (χ0n) is 6.78. The Morgan fingerprint density at radius 1 is 1.00 bits per heavy atom. The number of nitrogen functional groups attached to an aromatic ring is 1. The van der Waals surface area contributed by atoms with E-state index >= 15 is 0 Å². The van der Waals surface area contributed by atoms with Gasteiger partial charge in [0, 0.05) is 10.9 Å². The molecule has 1 aromatic rings. The number of fused-ring (bicyclic) bond motifs is 1. The lowest BCUT2D eigenvalue weighted by Gasteiger charge is -2.00. The van der Waals surface area contributed by atoms with Gasteiger partial charge in [0.1, 0.15) is 0 Å². The first-order valence-corrected chi connectivity index (χ1v) is 3.85. The lowest BCUT2D eigenvalue weighted by Crippen LogP contribution is -2.35. The van der Waals surface area contributed by atoms with Crippen molar-refractivity contribution in [3.8, 4) is 0 Å². The molecule has 2 N–H and O–H groups in total. The third kappa shape index (κ3) is 1.14. The molecule has 0 heterocycles. The predicted molar refractivity (Wildman–Crippen MR) is 49.0 cm³/mol. The molecule has 1 aromatic carbocycles. The van der Waals surface area contributed by atoms with Crippen LogP contribution in [-0.2, 0) is 9.59 Å². The van der Waals surface area contributed by atoms with Gasteiger partial charge >= 0.3 is 0 Å². The molecule has 0 radical (unpaired) electrons. The molecule has 13 heavy (non-hydrogen) atoms. The first-order valence-electron chi connectivity index (χ1n) is 3.85. The SMILES string of the molecule is Nc1cccc2c1=CC(=O)C(=O)C=2. The fourth-order valence-corrected chi connectivity index (χ4v) is 1.31. The number of carbonyl (C=O) groups excluding carboxylic acids is 2. The van der Waals surface area contributed by atoms with Crippen molar-refractivity contribution < 1.29 is 9.59 Å². The maximum atomic E-state index is 11.0. The molecule has 0 atom stereocenters. The second-order valence-corrected chi connectivity index (χ2v) is 2.87. The fraction of sp³-hybridized carbons (Fsp3) is 0. The number of carbonyl (C=O) groups is 2. The molecule has 0 amide bonds. The first-order chi connectivity index (χ1) is 6.18. The number of ketones is 2. The Kier molecular flexibility index (Phi) is 1.52. The molecule has 2 rings (SSSR count). The Hall–Kier alpha value is -1.90. The molecule has 0 bridgehead atoms. The van der Waals surface area contributed by atoms with Crippen LogP contribution in [0, 0.1) is 0 Å². The summed E-state index contributed by atoms with van der Waals surface area (Å²) >= 11 is 0. The van der Waals surface area contributed by atoms with Crippen LogP contribution in [0.3, 0.4) is 0 Å². The smallest absolute Gasteiger partial charge is 0.226 e. The van der Waals surface area contributed by atoms with Crippen LogP contribution in [0.4, 0.5) is 5.69 Å². The third-order valence-corrected chi connectivity index (χ3v) is 1.98. The molecule has 1 aliphatic carbocycles. The van der Waals surface area contributed by atoms with Crippen LogP contribution < -0.4 is 16.2 Å². The van der Waals surface area contributed by atoms with Crippen LogP contribution in [0.2, 0.25) is 0 Å². The molecule has 64 valence electrons. The van der Waals surface area contributed by atoms with Gasteiger partial charge in [0.2, 0.25) is 11.6 Å². The highest BCUT2D eigenvalue weighted by atomic mass is 16.2. The van der Waals surface area contributed by atoms with E-state index in [-0.39, 0.29) is 0 Å². The molecule has 3 nitrogen and oxygen atoms in total. The van der Waals surface area contributed by atoms with E-state index in [4.69, 9.17) is 5.73 Å². The van der Waals surface area contributed by atoms with Gasteiger partial charge in [-0.2, -0.15) is 0 Å². The number of rotatable bonds is 0. The molecule has 0 saturated carbocycles. The van der Waals surface area contributed by atoms with Crippen molar-refractivity contribution in [2.45, 2.75) is 0 Å². The molecule has 0 saturated heterocycles. The van der Waals surface area contributed by atoms with Gasteiger partial charge in [0.25, 0.3) is 0 Å². The van der Waals surface area contributed by atoms with E-state index < -0.39 is 11.6 Å². The summed E-state index contributed by atoms with van der Waals surface area (Å²) < 4.78 is 0. The van der Waals surface area contributed by atoms with Crippen molar-refractivity contribution in [2.75, 3.05) is 5.73 Å². The highest BCUT2D eigenvalue weighted by molar-refractivity contribution is 6.57. The van der Waals surface area contributed by atoms with Crippen molar-refractivity contribution in [1.82, 2.24) is 0 Å². The lowest BCUT2D eigenvalue weighted by atomic mass is 10.1. The molecular formula is C10H7NO2. The third-order valence-electron chi connectivity index (χ3n) is 1.98. The van der Waals surface area contributed by atoms with Gasteiger partial charge in [-0.1, -0.05) is 12.1 Å². The molecule has 3 heteroatoms. The summed E-state index contributed by atoms with van der Waals surface area (Å²) in [5.41, 5.74) is 6.16. The Labute approximate surface area is 74.2 Å². The number of Topliss-reactive ketones (excluding diaryl/α,β-unsaturated/α-hetero) is 2. The second-order valence-electron chi connectivity index (χ2n) is 2.87. The highest BCUT2D eigenvalue weighted by Crippen LogP contribution is 1.92. The Bertz CT molecular complexity index is 514. The van der Waals surface area contributed by atoms with E-state index in [2.05, 4.69) is 0 Å². The summed E-state index contributed by atoms with van der Waals surface area (Å²) in [6.07, 6.45) is 2.60. The first kappa shape index (κ1) is 7.73. The van der Waals surface area contributed by atoms with Crippen LogP contribution >= 0.6 is 0 Å². The molecule has 0 aromatic heterocycles. The average molecular weight is 173 g/mol. The van der Waals surface area contributed by atoms with Crippen molar-refractivity contribution in [3.63, 3.8) is 0 Å².